The molecule has 0 aliphatic carbocycles. The number of H-pyrrole nitrogens is 1. The smallest absolute Gasteiger partial charge is 0.191 e. The highest BCUT2D eigenvalue weighted by molar-refractivity contribution is 5.19. The van der Waals surface area contributed by atoms with Crippen molar-refractivity contribution >= 4 is 0 Å². The minimum Gasteiger partial charge on any atom is -0.300 e. The van der Waals surface area contributed by atoms with Gasteiger partial charge in [-0.2, -0.15) is 5.21 Å². The topological polar surface area (TPSA) is 66.5 Å². The fourth-order valence-electron chi connectivity index (χ4n) is 2.05. The third kappa shape index (κ3) is 3.13. The number of aromatic nitrogens is 4. The van der Waals surface area contributed by atoms with Crippen LogP contribution in [0.2, 0.25) is 0 Å². The number of nitrogens with zero attached hydrogens (tertiary/aromatic N) is 3. The minimum absolute atomic E-state index is 0.0838. The first-order valence-electron chi connectivity index (χ1n) is 6.35. The van der Waals surface area contributed by atoms with Crippen LogP contribution in [0.5, 0.6) is 0 Å². The molecule has 0 radical (unpaired) electrons. The Balaban J connectivity index is 2.07. The summed E-state index contributed by atoms with van der Waals surface area (Å²) < 4.78 is 0. The van der Waals surface area contributed by atoms with E-state index in [0.29, 0.717) is 11.9 Å². The summed E-state index contributed by atoms with van der Waals surface area (Å²) in [7, 11) is 0. The van der Waals surface area contributed by atoms with Crippen molar-refractivity contribution in [2.45, 2.75) is 38.8 Å². The summed E-state index contributed by atoms with van der Waals surface area (Å²) in [6.07, 6.45) is 2.22. The number of rotatable bonds is 6. The molecule has 0 saturated carbocycles. The molecule has 1 aromatic heterocycles. The standard InChI is InChI=1S/C13H19N5/c1-3-7-12(11-8-5-4-6-9-11)14-10(2)13-15-17-18-16-13/h4-6,8-10,12,14H,3,7H2,1-2H3,(H,15,16,17,18). The Bertz CT molecular complexity index is 440. The quantitative estimate of drug-likeness (QED) is 0.820. The van der Waals surface area contributed by atoms with E-state index in [-0.39, 0.29) is 6.04 Å². The van der Waals surface area contributed by atoms with Crippen molar-refractivity contribution in [2.75, 3.05) is 0 Å². The molecule has 2 atom stereocenters. The molecule has 0 saturated heterocycles. The molecule has 0 aliphatic rings. The maximum Gasteiger partial charge on any atom is 0.191 e. The van der Waals surface area contributed by atoms with Gasteiger partial charge in [-0.1, -0.05) is 48.9 Å². The first-order valence-corrected chi connectivity index (χ1v) is 6.35. The van der Waals surface area contributed by atoms with Crippen LogP contribution in [0.4, 0.5) is 0 Å². The monoisotopic (exact) mass is 245 g/mol. The molecule has 0 spiro atoms. The number of nitrogens with one attached hydrogen (secondary N) is 2. The Morgan fingerprint density at radius 2 is 2.06 bits per heavy atom. The van der Waals surface area contributed by atoms with Gasteiger partial charge in [0, 0.05) is 6.04 Å². The highest BCUT2D eigenvalue weighted by Crippen LogP contribution is 2.21. The zero-order valence-corrected chi connectivity index (χ0v) is 10.8. The molecule has 2 N–H and O–H groups in total. The lowest BCUT2D eigenvalue weighted by molar-refractivity contribution is 0.427. The van der Waals surface area contributed by atoms with E-state index in [4.69, 9.17) is 0 Å². The van der Waals surface area contributed by atoms with Crippen LogP contribution < -0.4 is 5.32 Å². The van der Waals surface area contributed by atoms with Gasteiger partial charge in [0.1, 0.15) is 0 Å². The summed E-state index contributed by atoms with van der Waals surface area (Å²) in [4.78, 5) is 0. The van der Waals surface area contributed by atoms with Crippen molar-refractivity contribution in [3.05, 3.63) is 41.7 Å². The third-order valence-corrected chi connectivity index (χ3v) is 2.98. The average molecular weight is 245 g/mol. The number of tetrazole rings is 1. The fraction of sp³-hybridized carbons (Fsp3) is 0.462. The Morgan fingerprint density at radius 1 is 1.28 bits per heavy atom. The van der Waals surface area contributed by atoms with Gasteiger partial charge < -0.3 is 5.32 Å². The van der Waals surface area contributed by atoms with Crippen molar-refractivity contribution in [2.24, 2.45) is 0 Å². The van der Waals surface area contributed by atoms with Crippen molar-refractivity contribution in [3.63, 3.8) is 0 Å². The molecule has 5 nitrogen and oxygen atoms in total. The molecule has 18 heavy (non-hydrogen) atoms. The van der Waals surface area contributed by atoms with Crippen LogP contribution in [0, 0.1) is 0 Å². The van der Waals surface area contributed by atoms with Gasteiger partial charge >= 0.3 is 0 Å². The Labute approximate surface area is 107 Å². The van der Waals surface area contributed by atoms with Crippen molar-refractivity contribution in [3.8, 4) is 0 Å². The normalized spacial score (nSPS) is 14.3. The highest BCUT2D eigenvalue weighted by Gasteiger charge is 2.16. The lowest BCUT2D eigenvalue weighted by Crippen LogP contribution is -2.25. The van der Waals surface area contributed by atoms with Crippen LogP contribution in [-0.4, -0.2) is 20.6 Å². The summed E-state index contributed by atoms with van der Waals surface area (Å²) in [5.74, 6) is 0.701. The van der Waals surface area contributed by atoms with E-state index in [1.165, 1.54) is 5.56 Å². The lowest BCUT2D eigenvalue weighted by Gasteiger charge is -2.21. The van der Waals surface area contributed by atoms with Crippen LogP contribution in [0.1, 0.15) is 50.2 Å². The third-order valence-electron chi connectivity index (χ3n) is 2.98. The number of hydrogen-bond acceptors (Lipinski definition) is 4. The molecule has 0 bridgehead atoms. The lowest BCUT2D eigenvalue weighted by atomic mass is 10.0. The van der Waals surface area contributed by atoms with Gasteiger partial charge in [-0.3, -0.25) is 0 Å². The van der Waals surface area contributed by atoms with Gasteiger partial charge in [-0.25, -0.2) is 0 Å². The molecule has 1 aromatic carbocycles. The second-order valence-corrected chi connectivity index (χ2v) is 4.41. The summed E-state index contributed by atoms with van der Waals surface area (Å²) in [6, 6.07) is 10.9. The molecular formula is C13H19N5. The Kier molecular flexibility index (Phi) is 4.41. The summed E-state index contributed by atoms with van der Waals surface area (Å²) in [6.45, 7) is 4.24. The molecule has 0 aliphatic heterocycles. The largest absolute Gasteiger partial charge is 0.300 e. The van der Waals surface area contributed by atoms with E-state index in [1.54, 1.807) is 0 Å². The molecule has 1 heterocycles. The first kappa shape index (κ1) is 12.7. The van der Waals surface area contributed by atoms with Crippen molar-refractivity contribution < 1.29 is 0 Å². The number of aromatic amines is 1. The predicted molar refractivity (Wildman–Crippen MR) is 69.8 cm³/mol. The van der Waals surface area contributed by atoms with Crippen LogP contribution in [0.3, 0.4) is 0 Å². The van der Waals surface area contributed by atoms with E-state index in [1.807, 2.05) is 6.07 Å². The molecule has 2 aromatic rings. The highest BCUT2D eigenvalue weighted by atomic mass is 15.5. The van der Waals surface area contributed by atoms with Gasteiger partial charge in [0.25, 0.3) is 0 Å². The fourth-order valence-corrected chi connectivity index (χ4v) is 2.05. The van der Waals surface area contributed by atoms with Crippen molar-refractivity contribution in [1.29, 1.82) is 0 Å². The second-order valence-electron chi connectivity index (χ2n) is 4.41. The summed E-state index contributed by atoms with van der Waals surface area (Å²) in [5, 5.41) is 17.7. The maximum absolute atomic E-state index is 4.01. The van der Waals surface area contributed by atoms with E-state index in [0.717, 1.165) is 12.8 Å². The van der Waals surface area contributed by atoms with Gasteiger partial charge in [-0.05, 0) is 18.9 Å². The number of benzene rings is 1. The number of hydrogen-bond donors (Lipinski definition) is 2. The second kappa shape index (κ2) is 6.26. The molecule has 2 rings (SSSR count). The molecule has 0 fully saturated rings. The summed E-state index contributed by atoms with van der Waals surface area (Å²) in [5.41, 5.74) is 1.30. The van der Waals surface area contributed by atoms with Gasteiger partial charge in [0.05, 0.1) is 6.04 Å². The maximum atomic E-state index is 4.01. The van der Waals surface area contributed by atoms with E-state index in [9.17, 15) is 0 Å². The van der Waals surface area contributed by atoms with Crippen LogP contribution in [0.25, 0.3) is 0 Å². The minimum atomic E-state index is 0.0838. The summed E-state index contributed by atoms with van der Waals surface area (Å²) >= 11 is 0. The molecule has 5 heteroatoms. The van der Waals surface area contributed by atoms with Gasteiger partial charge in [-0.15, -0.1) is 10.2 Å². The molecular weight excluding hydrogens is 226 g/mol. The van der Waals surface area contributed by atoms with E-state index >= 15 is 0 Å². The zero-order chi connectivity index (χ0) is 12.8. The van der Waals surface area contributed by atoms with Crippen LogP contribution >= 0.6 is 0 Å². The molecule has 96 valence electrons. The van der Waals surface area contributed by atoms with Crippen LogP contribution in [-0.2, 0) is 0 Å². The van der Waals surface area contributed by atoms with E-state index in [2.05, 4.69) is 64.1 Å². The first-order chi connectivity index (χ1) is 8.81. The van der Waals surface area contributed by atoms with Crippen LogP contribution in [0.15, 0.2) is 30.3 Å². The van der Waals surface area contributed by atoms with E-state index < -0.39 is 0 Å². The Hall–Kier alpha value is -1.75. The Morgan fingerprint density at radius 3 is 2.67 bits per heavy atom. The van der Waals surface area contributed by atoms with Gasteiger partial charge in [0.2, 0.25) is 0 Å². The molecule has 2 unspecified atom stereocenters. The van der Waals surface area contributed by atoms with Gasteiger partial charge in [0.15, 0.2) is 5.82 Å². The predicted octanol–water partition coefficient (Wildman–Crippen LogP) is 2.39. The SMILES string of the molecule is CCCC(NC(C)c1nn[nH]n1)c1ccccc1. The molecule has 0 amide bonds. The van der Waals surface area contributed by atoms with Crippen molar-refractivity contribution in [1.82, 2.24) is 25.9 Å². The zero-order valence-electron chi connectivity index (χ0n) is 10.8. The average Bonchev–Trinajstić information content (AvgIpc) is 2.93.